The number of nitrogens with zero attached hydrogens (tertiary/aromatic N) is 4. The monoisotopic (exact) mass is 325 g/mol. The highest BCUT2D eigenvalue weighted by atomic mass is 32.1. The Morgan fingerprint density at radius 1 is 1.26 bits per heavy atom. The Morgan fingerprint density at radius 2 is 2.17 bits per heavy atom. The summed E-state index contributed by atoms with van der Waals surface area (Å²) in [5.74, 6) is 1.10. The molecule has 0 amide bonds. The first-order chi connectivity index (χ1) is 11.4. The Balaban J connectivity index is 1.32. The third kappa shape index (κ3) is 3.48. The molecule has 0 bridgehead atoms. The molecule has 0 saturated carbocycles. The van der Waals surface area contributed by atoms with Crippen LogP contribution in [0.25, 0.3) is 0 Å². The minimum atomic E-state index is 0.448. The van der Waals surface area contributed by atoms with Crippen molar-refractivity contribution in [3.63, 3.8) is 0 Å². The van der Waals surface area contributed by atoms with Crippen LogP contribution in [0.2, 0.25) is 0 Å². The third-order valence-corrected chi connectivity index (χ3v) is 5.07. The molecular weight excluding hydrogens is 306 g/mol. The molecule has 3 heterocycles. The van der Waals surface area contributed by atoms with E-state index in [1.54, 1.807) is 17.7 Å². The molecule has 0 radical (unpaired) electrons. The van der Waals surface area contributed by atoms with Gasteiger partial charge in [0.15, 0.2) is 0 Å². The van der Waals surface area contributed by atoms with Crippen LogP contribution in [0, 0.1) is 0 Å². The van der Waals surface area contributed by atoms with Crippen LogP contribution < -0.4 is 5.32 Å². The van der Waals surface area contributed by atoms with Gasteiger partial charge >= 0.3 is 0 Å². The number of nitrogens with one attached hydrogen (secondary N) is 1. The van der Waals surface area contributed by atoms with E-state index in [0.717, 1.165) is 43.9 Å². The van der Waals surface area contributed by atoms with Crippen molar-refractivity contribution >= 4 is 11.3 Å². The first-order valence-corrected chi connectivity index (χ1v) is 8.82. The van der Waals surface area contributed by atoms with Gasteiger partial charge in [0.2, 0.25) is 0 Å². The average Bonchev–Trinajstić information content (AvgIpc) is 3.22. The number of benzene rings is 1. The van der Waals surface area contributed by atoms with E-state index in [2.05, 4.69) is 45.0 Å². The normalized spacial score (nSPS) is 17.1. The van der Waals surface area contributed by atoms with Crippen molar-refractivity contribution in [1.29, 1.82) is 0 Å². The molecule has 3 aromatic rings. The Hall–Kier alpha value is -2.05. The molecule has 1 unspecified atom stereocenters. The summed E-state index contributed by atoms with van der Waals surface area (Å²) in [4.78, 5) is 9.01. The maximum Gasteiger partial charge on any atom is 0.138 e. The first-order valence-electron chi connectivity index (χ1n) is 7.94. The second-order valence-corrected chi connectivity index (χ2v) is 6.81. The van der Waals surface area contributed by atoms with Gasteiger partial charge < -0.3 is 5.32 Å². The summed E-state index contributed by atoms with van der Waals surface area (Å²) in [6, 6.07) is 10.9. The predicted molar refractivity (Wildman–Crippen MR) is 90.3 cm³/mol. The number of hydrogen-bond donors (Lipinski definition) is 1. The molecule has 1 aliphatic heterocycles. The standard InChI is InChI=1S/C17H19N5S/c1-2-4-13(5-3-1)8-17-21-15(11-23-17)9-18-14-6-7-16-19-12-20-22(16)10-14/h1-5,11-12,14,18H,6-10H2. The molecule has 2 aromatic heterocycles. The highest BCUT2D eigenvalue weighted by Gasteiger charge is 2.19. The molecular formula is C17H19N5S. The van der Waals surface area contributed by atoms with E-state index >= 15 is 0 Å². The Morgan fingerprint density at radius 3 is 3.09 bits per heavy atom. The molecule has 4 rings (SSSR count). The van der Waals surface area contributed by atoms with Crippen LogP contribution in [0.15, 0.2) is 42.0 Å². The molecule has 1 atom stereocenters. The predicted octanol–water partition coefficient (Wildman–Crippen LogP) is 2.43. The lowest BCUT2D eigenvalue weighted by atomic mass is 10.1. The van der Waals surface area contributed by atoms with Gasteiger partial charge in [-0.1, -0.05) is 30.3 Å². The van der Waals surface area contributed by atoms with Crippen molar-refractivity contribution in [2.45, 2.75) is 38.4 Å². The third-order valence-electron chi connectivity index (χ3n) is 4.17. The van der Waals surface area contributed by atoms with E-state index in [9.17, 15) is 0 Å². The van der Waals surface area contributed by atoms with Crippen LogP contribution >= 0.6 is 11.3 Å². The van der Waals surface area contributed by atoms with Crippen LogP contribution in [0.4, 0.5) is 0 Å². The van der Waals surface area contributed by atoms with Crippen molar-refractivity contribution in [2.75, 3.05) is 0 Å². The van der Waals surface area contributed by atoms with E-state index in [4.69, 9.17) is 4.98 Å². The SMILES string of the molecule is c1ccc(Cc2nc(CNC3CCc4ncnn4C3)cs2)cc1. The number of fused-ring (bicyclic) bond motifs is 1. The summed E-state index contributed by atoms with van der Waals surface area (Å²) in [7, 11) is 0. The Bertz CT molecular complexity index is 764. The van der Waals surface area contributed by atoms with Gasteiger partial charge in [0.1, 0.15) is 12.2 Å². The lowest BCUT2D eigenvalue weighted by Crippen LogP contribution is -2.37. The summed E-state index contributed by atoms with van der Waals surface area (Å²) in [5.41, 5.74) is 2.44. The number of hydrogen-bond acceptors (Lipinski definition) is 5. The number of aryl methyl sites for hydroxylation is 1. The second-order valence-electron chi connectivity index (χ2n) is 5.87. The lowest BCUT2D eigenvalue weighted by molar-refractivity contribution is 0.357. The maximum atomic E-state index is 4.75. The van der Waals surface area contributed by atoms with Crippen molar-refractivity contribution in [3.8, 4) is 0 Å². The van der Waals surface area contributed by atoms with E-state index in [-0.39, 0.29) is 0 Å². The fourth-order valence-electron chi connectivity index (χ4n) is 2.93. The topological polar surface area (TPSA) is 55.6 Å². The van der Waals surface area contributed by atoms with E-state index in [1.807, 2.05) is 10.7 Å². The van der Waals surface area contributed by atoms with Crippen LogP contribution in [-0.4, -0.2) is 25.8 Å². The zero-order valence-corrected chi connectivity index (χ0v) is 13.7. The summed E-state index contributed by atoms with van der Waals surface area (Å²) < 4.78 is 2.00. The molecule has 1 N–H and O–H groups in total. The highest BCUT2D eigenvalue weighted by molar-refractivity contribution is 7.09. The van der Waals surface area contributed by atoms with Gasteiger partial charge in [-0.3, -0.25) is 0 Å². The summed E-state index contributed by atoms with van der Waals surface area (Å²) in [5, 5.41) is 11.2. The lowest BCUT2D eigenvalue weighted by Gasteiger charge is -2.23. The molecule has 0 saturated heterocycles. The summed E-state index contributed by atoms with van der Waals surface area (Å²) in [6.07, 6.45) is 4.67. The molecule has 0 spiro atoms. The molecule has 1 aliphatic rings. The van der Waals surface area contributed by atoms with Crippen LogP contribution in [0.5, 0.6) is 0 Å². The maximum absolute atomic E-state index is 4.75. The van der Waals surface area contributed by atoms with Gasteiger partial charge in [-0.2, -0.15) is 5.10 Å². The molecule has 23 heavy (non-hydrogen) atoms. The summed E-state index contributed by atoms with van der Waals surface area (Å²) in [6.45, 7) is 1.72. The largest absolute Gasteiger partial charge is 0.306 e. The van der Waals surface area contributed by atoms with E-state index < -0.39 is 0 Å². The minimum absolute atomic E-state index is 0.448. The average molecular weight is 325 g/mol. The fourth-order valence-corrected chi connectivity index (χ4v) is 3.76. The van der Waals surface area contributed by atoms with Crippen LogP contribution in [0.3, 0.4) is 0 Å². The zero-order chi connectivity index (χ0) is 15.5. The van der Waals surface area contributed by atoms with E-state index in [0.29, 0.717) is 6.04 Å². The van der Waals surface area contributed by atoms with Crippen molar-refractivity contribution in [3.05, 3.63) is 64.1 Å². The number of aromatic nitrogens is 4. The molecule has 6 heteroatoms. The van der Waals surface area contributed by atoms with Crippen LogP contribution in [0.1, 0.15) is 28.5 Å². The van der Waals surface area contributed by atoms with E-state index in [1.165, 1.54) is 10.6 Å². The van der Waals surface area contributed by atoms with Gasteiger partial charge in [-0.15, -0.1) is 11.3 Å². The van der Waals surface area contributed by atoms with Crippen molar-refractivity contribution in [1.82, 2.24) is 25.1 Å². The quantitative estimate of drug-likeness (QED) is 0.783. The zero-order valence-electron chi connectivity index (χ0n) is 12.9. The Kier molecular flexibility index (Phi) is 4.17. The minimum Gasteiger partial charge on any atom is -0.306 e. The van der Waals surface area contributed by atoms with Crippen molar-refractivity contribution < 1.29 is 0 Å². The first kappa shape index (κ1) is 14.5. The smallest absolute Gasteiger partial charge is 0.138 e. The molecule has 0 fully saturated rings. The van der Waals surface area contributed by atoms with Crippen molar-refractivity contribution in [2.24, 2.45) is 0 Å². The molecule has 0 aliphatic carbocycles. The molecule has 5 nitrogen and oxygen atoms in total. The molecule has 118 valence electrons. The second kappa shape index (κ2) is 6.60. The summed E-state index contributed by atoms with van der Waals surface area (Å²) >= 11 is 1.74. The van der Waals surface area contributed by atoms with Gasteiger partial charge in [0.25, 0.3) is 0 Å². The number of rotatable bonds is 5. The van der Waals surface area contributed by atoms with Crippen LogP contribution in [-0.2, 0) is 25.9 Å². The van der Waals surface area contributed by atoms with Gasteiger partial charge in [-0.25, -0.2) is 14.6 Å². The number of thiazole rings is 1. The fraction of sp³-hybridized carbons (Fsp3) is 0.353. The van der Waals surface area contributed by atoms with Gasteiger partial charge in [0, 0.05) is 30.8 Å². The van der Waals surface area contributed by atoms with Gasteiger partial charge in [-0.05, 0) is 12.0 Å². The van der Waals surface area contributed by atoms with Gasteiger partial charge in [0.05, 0.1) is 17.2 Å². The Labute approximate surface area is 139 Å². The highest BCUT2D eigenvalue weighted by Crippen LogP contribution is 2.16. The molecule has 1 aromatic carbocycles.